The SMILES string of the molecule is c1ccc(C[C@@H]2CN[C@@H](c3ccccc3)Cc3ccccc32)cc1. The molecule has 0 amide bonds. The first-order valence-corrected chi connectivity index (χ1v) is 8.80. The van der Waals surface area contributed by atoms with Gasteiger partial charge in [-0.05, 0) is 35.1 Å². The fourth-order valence-corrected chi connectivity index (χ4v) is 3.81. The molecule has 24 heavy (non-hydrogen) atoms. The Morgan fingerprint density at radius 2 is 1.42 bits per heavy atom. The smallest absolute Gasteiger partial charge is 0.0361 e. The van der Waals surface area contributed by atoms with Gasteiger partial charge < -0.3 is 5.32 Å². The molecule has 4 rings (SSSR count). The Hall–Kier alpha value is -2.38. The van der Waals surface area contributed by atoms with Crippen LogP contribution in [0.1, 0.15) is 34.2 Å². The van der Waals surface area contributed by atoms with Crippen molar-refractivity contribution in [2.24, 2.45) is 0 Å². The van der Waals surface area contributed by atoms with Crippen molar-refractivity contribution >= 4 is 0 Å². The lowest BCUT2D eigenvalue weighted by atomic mass is 9.88. The average molecular weight is 313 g/mol. The highest BCUT2D eigenvalue weighted by Crippen LogP contribution is 2.31. The first kappa shape index (κ1) is 15.2. The molecule has 1 nitrogen and oxygen atoms in total. The molecule has 1 aliphatic rings. The van der Waals surface area contributed by atoms with Gasteiger partial charge in [0.15, 0.2) is 0 Å². The van der Waals surface area contributed by atoms with Crippen LogP contribution in [0, 0.1) is 0 Å². The largest absolute Gasteiger partial charge is 0.309 e. The summed E-state index contributed by atoms with van der Waals surface area (Å²) in [6.45, 7) is 1.02. The number of nitrogens with one attached hydrogen (secondary N) is 1. The molecule has 1 heterocycles. The summed E-state index contributed by atoms with van der Waals surface area (Å²) < 4.78 is 0. The van der Waals surface area contributed by atoms with Crippen LogP contribution in [-0.4, -0.2) is 6.54 Å². The Kier molecular flexibility index (Phi) is 4.44. The third-order valence-electron chi connectivity index (χ3n) is 5.06. The quantitative estimate of drug-likeness (QED) is 0.725. The lowest BCUT2D eigenvalue weighted by Gasteiger charge is -2.19. The van der Waals surface area contributed by atoms with Crippen molar-refractivity contribution in [2.45, 2.75) is 24.8 Å². The minimum atomic E-state index is 0.396. The van der Waals surface area contributed by atoms with E-state index < -0.39 is 0 Å². The Morgan fingerprint density at radius 1 is 0.750 bits per heavy atom. The van der Waals surface area contributed by atoms with Crippen LogP contribution >= 0.6 is 0 Å². The van der Waals surface area contributed by atoms with Gasteiger partial charge in [0.25, 0.3) is 0 Å². The molecular weight excluding hydrogens is 290 g/mol. The van der Waals surface area contributed by atoms with Gasteiger partial charge >= 0.3 is 0 Å². The molecule has 0 unspecified atom stereocenters. The van der Waals surface area contributed by atoms with E-state index in [1.807, 2.05) is 0 Å². The first-order chi connectivity index (χ1) is 11.9. The second-order valence-corrected chi connectivity index (χ2v) is 6.66. The summed E-state index contributed by atoms with van der Waals surface area (Å²) in [5.74, 6) is 0.525. The Morgan fingerprint density at radius 3 is 2.21 bits per heavy atom. The zero-order valence-corrected chi connectivity index (χ0v) is 13.9. The normalized spacial score (nSPS) is 20.2. The summed E-state index contributed by atoms with van der Waals surface area (Å²) >= 11 is 0. The van der Waals surface area contributed by atoms with E-state index in [4.69, 9.17) is 0 Å². The molecule has 0 aliphatic carbocycles. The average Bonchev–Trinajstić information content (AvgIpc) is 2.83. The summed E-state index contributed by atoms with van der Waals surface area (Å²) in [6, 6.07) is 31.0. The molecule has 1 N–H and O–H groups in total. The van der Waals surface area contributed by atoms with E-state index in [0.717, 1.165) is 19.4 Å². The van der Waals surface area contributed by atoms with Crippen molar-refractivity contribution in [2.75, 3.05) is 6.54 Å². The van der Waals surface area contributed by atoms with Crippen molar-refractivity contribution in [3.63, 3.8) is 0 Å². The highest BCUT2D eigenvalue weighted by atomic mass is 14.9. The van der Waals surface area contributed by atoms with Gasteiger partial charge in [-0.3, -0.25) is 0 Å². The molecule has 0 radical (unpaired) electrons. The lowest BCUT2D eigenvalue weighted by molar-refractivity contribution is 0.514. The van der Waals surface area contributed by atoms with Crippen molar-refractivity contribution in [1.82, 2.24) is 5.32 Å². The van der Waals surface area contributed by atoms with Crippen molar-refractivity contribution < 1.29 is 0 Å². The van der Waals surface area contributed by atoms with Crippen LogP contribution in [-0.2, 0) is 12.8 Å². The van der Waals surface area contributed by atoms with Crippen LogP contribution in [0.4, 0.5) is 0 Å². The third kappa shape index (κ3) is 3.27. The Bertz CT molecular complexity index is 779. The molecule has 1 heteroatoms. The summed E-state index contributed by atoms with van der Waals surface area (Å²) in [4.78, 5) is 0. The Labute approximate surface area is 144 Å². The predicted octanol–water partition coefficient (Wildman–Crippen LogP) is 4.90. The number of fused-ring (bicyclic) bond motifs is 1. The van der Waals surface area contributed by atoms with E-state index in [-0.39, 0.29) is 0 Å². The monoisotopic (exact) mass is 313 g/mol. The zero-order chi connectivity index (χ0) is 16.2. The van der Waals surface area contributed by atoms with Crippen molar-refractivity contribution in [3.05, 3.63) is 107 Å². The van der Waals surface area contributed by atoms with Gasteiger partial charge in [-0.1, -0.05) is 84.9 Å². The molecule has 0 bridgehead atoms. The highest BCUT2D eigenvalue weighted by molar-refractivity contribution is 5.36. The van der Waals surface area contributed by atoms with Gasteiger partial charge in [-0.25, -0.2) is 0 Å². The molecule has 0 spiro atoms. The number of hydrogen-bond acceptors (Lipinski definition) is 1. The van der Waals surface area contributed by atoms with Crippen LogP contribution in [0.15, 0.2) is 84.9 Å². The fraction of sp³-hybridized carbons (Fsp3) is 0.217. The van der Waals surface area contributed by atoms with Crippen LogP contribution in [0.3, 0.4) is 0 Å². The number of hydrogen-bond donors (Lipinski definition) is 1. The molecule has 1 aliphatic heterocycles. The maximum absolute atomic E-state index is 3.82. The van der Waals surface area contributed by atoms with E-state index in [0.29, 0.717) is 12.0 Å². The minimum Gasteiger partial charge on any atom is -0.309 e. The van der Waals surface area contributed by atoms with Gasteiger partial charge in [0.1, 0.15) is 0 Å². The molecule has 0 saturated heterocycles. The molecule has 0 aromatic heterocycles. The maximum atomic E-state index is 3.82. The van der Waals surface area contributed by atoms with E-state index in [9.17, 15) is 0 Å². The molecule has 0 fully saturated rings. The van der Waals surface area contributed by atoms with E-state index in [2.05, 4.69) is 90.2 Å². The summed E-state index contributed by atoms with van der Waals surface area (Å²) in [5, 5.41) is 3.82. The van der Waals surface area contributed by atoms with Crippen molar-refractivity contribution in [1.29, 1.82) is 0 Å². The van der Waals surface area contributed by atoms with E-state index >= 15 is 0 Å². The van der Waals surface area contributed by atoms with E-state index in [1.54, 1.807) is 0 Å². The minimum absolute atomic E-state index is 0.396. The third-order valence-corrected chi connectivity index (χ3v) is 5.06. The molecule has 0 saturated carbocycles. The fourth-order valence-electron chi connectivity index (χ4n) is 3.81. The van der Waals surface area contributed by atoms with Crippen molar-refractivity contribution in [3.8, 4) is 0 Å². The second-order valence-electron chi connectivity index (χ2n) is 6.66. The zero-order valence-electron chi connectivity index (χ0n) is 13.9. The summed E-state index contributed by atoms with van der Waals surface area (Å²) in [5.41, 5.74) is 5.79. The van der Waals surface area contributed by atoms with Crippen LogP contribution in [0.25, 0.3) is 0 Å². The van der Waals surface area contributed by atoms with Gasteiger partial charge in [-0.15, -0.1) is 0 Å². The van der Waals surface area contributed by atoms with Crippen LogP contribution in [0.2, 0.25) is 0 Å². The topological polar surface area (TPSA) is 12.0 Å². The summed E-state index contributed by atoms with van der Waals surface area (Å²) in [6.07, 6.45) is 2.15. The van der Waals surface area contributed by atoms with Gasteiger partial charge in [0, 0.05) is 18.5 Å². The molecule has 120 valence electrons. The first-order valence-electron chi connectivity index (χ1n) is 8.80. The number of benzene rings is 3. The molecule has 2 atom stereocenters. The van der Waals surface area contributed by atoms with Gasteiger partial charge in [-0.2, -0.15) is 0 Å². The Balaban J connectivity index is 1.64. The lowest BCUT2D eigenvalue weighted by Crippen LogP contribution is -2.25. The standard InChI is InChI=1S/C23H23N/c1-3-9-18(10-4-1)15-21-17-24-23(19-11-5-2-6-12-19)16-20-13-7-8-14-22(20)21/h1-14,21,23-24H,15-17H2/t21-,23-/m1/s1. The van der Waals surface area contributed by atoms with Crippen LogP contribution in [0.5, 0.6) is 0 Å². The predicted molar refractivity (Wildman–Crippen MR) is 100 cm³/mol. The maximum Gasteiger partial charge on any atom is 0.0361 e. The van der Waals surface area contributed by atoms with Gasteiger partial charge in [0.05, 0.1) is 0 Å². The molecule has 3 aromatic carbocycles. The molecular formula is C23H23N. The van der Waals surface area contributed by atoms with Gasteiger partial charge in [0.2, 0.25) is 0 Å². The molecule has 3 aromatic rings. The summed E-state index contributed by atoms with van der Waals surface area (Å²) in [7, 11) is 0. The second kappa shape index (κ2) is 7.02. The van der Waals surface area contributed by atoms with E-state index in [1.165, 1.54) is 22.3 Å². The number of rotatable bonds is 3. The van der Waals surface area contributed by atoms with Crippen LogP contribution < -0.4 is 5.32 Å². The highest BCUT2D eigenvalue weighted by Gasteiger charge is 2.24.